The summed E-state index contributed by atoms with van der Waals surface area (Å²) < 4.78 is 12.5. The summed E-state index contributed by atoms with van der Waals surface area (Å²) >= 11 is 0. The molecule has 112 valence electrons. The first-order chi connectivity index (χ1) is 10.1. The molecule has 2 N–H and O–H groups in total. The minimum atomic E-state index is -0.409. The Morgan fingerprint density at radius 2 is 2.19 bits per heavy atom. The van der Waals surface area contributed by atoms with Gasteiger partial charge in [-0.05, 0) is 25.1 Å². The number of aromatic nitrogens is 2. The minimum absolute atomic E-state index is 0.317. The SMILES string of the molecule is CCOC(=O)c1ccc(N)cc1OCCc1ccnn1C. The average Bonchev–Trinajstić information content (AvgIpc) is 2.85. The van der Waals surface area contributed by atoms with E-state index in [0.29, 0.717) is 36.6 Å². The van der Waals surface area contributed by atoms with Crippen LogP contribution in [0.4, 0.5) is 5.69 Å². The van der Waals surface area contributed by atoms with E-state index >= 15 is 0 Å². The third kappa shape index (κ3) is 3.75. The van der Waals surface area contributed by atoms with Gasteiger partial charge in [0.25, 0.3) is 0 Å². The molecule has 1 aromatic carbocycles. The van der Waals surface area contributed by atoms with Crippen molar-refractivity contribution in [3.8, 4) is 5.75 Å². The van der Waals surface area contributed by atoms with Gasteiger partial charge in [0, 0.05) is 37.1 Å². The van der Waals surface area contributed by atoms with Crippen molar-refractivity contribution in [3.63, 3.8) is 0 Å². The van der Waals surface area contributed by atoms with Gasteiger partial charge >= 0.3 is 5.97 Å². The number of hydrogen-bond donors (Lipinski definition) is 1. The fourth-order valence-corrected chi connectivity index (χ4v) is 1.95. The molecule has 2 aromatic rings. The fourth-order valence-electron chi connectivity index (χ4n) is 1.95. The van der Waals surface area contributed by atoms with Crippen LogP contribution in [-0.2, 0) is 18.2 Å². The minimum Gasteiger partial charge on any atom is -0.492 e. The van der Waals surface area contributed by atoms with E-state index in [1.165, 1.54) is 0 Å². The summed E-state index contributed by atoms with van der Waals surface area (Å²) in [6, 6.07) is 6.83. The number of ether oxygens (including phenoxy) is 2. The molecule has 0 aliphatic carbocycles. The summed E-state index contributed by atoms with van der Waals surface area (Å²) in [7, 11) is 1.87. The lowest BCUT2D eigenvalue weighted by Gasteiger charge is -2.11. The van der Waals surface area contributed by atoms with Crippen molar-refractivity contribution in [1.29, 1.82) is 0 Å². The Kier molecular flexibility index (Phi) is 4.81. The Labute approximate surface area is 123 Å². The molecule has 6 heteroatoms. The van der Waals surface area contributed by atoms with Crippen LogP contribution >= 0.6 is 0 Å². The Morgan fingerprint density at radius 1 is 1.38 bits per heavy atom. The van der Waals surface area contributed by atoms with E-state index in [2.05, 4.69) is 5.10 Å². The number of carbonyl (C=O) groups excluding carboxylic acids is 1. The van der Waals surface area contributed by atoms with Gasteiger partial charge in [-0.25, -0.2) is 4.79 Å². The molecule has 0 spiro atoms. The second-order valence-electron chi connectivity index (χ2n) is 4.52. The van der Waals surface area contributed by atoms with E-state index in [9.17, 15) is 4.79 Å². The highest BCUT2D eigenvalue weighted by molar-refractivity contribution is 5.93. The third-order valence-corrected chi connectivity index (χ3v) is 3.04. The zero-order chi connectivity index (χ0) is 15.2. The third-order valence-electron chi connectivity index (χ3n) is 3.04. The number of anilines is 1. The van der Waals surface area contributed by atoms with E-state index < -0.39 is 5.97 Å². The first-order valence-corrected chi connectivity index (χ1v) is 6.78. The maximum absolute atomic E-state index is 11.9. The Morgan fingerprint density at radius 3 is 2.86 bits per heavy atom. The molecule has 0 unspecified atom stereocenters. The van der Waals surface area contributed by atoms with E-state index in [0.717, 1.165) is 5.69 Å². The molecular formula is C15H19N3O3. The predicted molar refractivity (Wildman–Crippen MR) is 79.2 cm³/mol. The molecule has 2 rings (SSSR count). The number of nitrogen functional groups attached to an aromatic ring is 1. The number of nitrogens with two attached hydrogens (primary N) is 1. The highest BCUT2D eigenvalue weighted by Gasteiger charge is 2.14. The number of rotatable bonds is 6. The molecule has 0 aliphatic rings. The second-order valence-corrected chi connectivity index (χ2v) is 4.52. The number of carbonyl (C=O) groups is 1. The normalized spacial score (nSPS) is 10.4. The van der Waals surface area contributed by atoms with Crippen LogP contribution in [0.15, 0.2) is 30.5 Å². The molecule has 0 saturated carbocycles. The zero-order valence-corrected chi connectivity index (χ0v) is 12.2. The molecule has 0 atom stereocenters. The fraction of sp³-hybridized carbons (Fsp3) is 0.333. The first kappa shape index (κ1) is 14.9. The van der Waals surface area contributed by atoms with Gasteiger partial charge in [-0.15, -0.1) is 0 Å². The standard InChI is InChI=1S/C15H19N3O3/c1-3-20-15(19)13-5-4-11(16)10-14(13)21-9-7-12-6-8-17-18(12)2/h4-6,8,10H,3,7,9,16H2,1-2H3. The summed E-state index contributed by atoms with van der Waals surface area (Å²) in [5.41, 5.74) is 7.72. The Bertz CT molecular complexity index is 622. The molecule has 0 saturated heterocycles. The topological polar surface area (TPSA) is 79.4 Å². The molecule has 1 heterocycles. The lowest BCUT2D eigenvalue weighted by atomic mass is 10.2. The van der Waals surface area contributed by atoms with Gasteiger partial charge in [0.15, 0.2) is 0 Å². The summed E-state index contributed by atoms with van der Waals surface area (Å²) in [5, 5.41) is 4.09. The number of hydrogen-bond acceptors (Lipinski definition) is 5. The first-order valence-electron chi connectivity index (χ1n) is 6.78. The van der Waals surface area contributed by atoms with Crippen molar-refractivity contribution < 1.29 is 14.3 Å². The van der Waals surface area contributed by atoms with Gasteiger partial charge in [-0.1, -0.05) is 0 Å². The molecule has 1 aromatic heterocycles. The molecule has 6 nitrogen and oxygen atoms in total. The molecule has 0 fully saturated rings. The summed E-state index contributed by atoms with van der Waals surface area (Å²) in [6.45, 7) is 2.51. The van der Waals surface area contributed by atoms with E-state index in [1.807, 2.05) is 13.1 Å². The van der Waals surface area contributed by atoms with Gasteiger partial charge in [-0.2, -0.15) is 5.10 Å². The largest absolute Gasteiger partial charge is 0.492 e. The van der Waals surface area contributed by atoms with Crippen molar-refractivity contribution in [1.82, 2.24) is 9.78 Å². The zero-order valence-electron chi connectivity index (χ0n) is 12.2. The van der Waals surface area contributed by atoms with Crippen LogP contribution in [0.3, 0.4) is 0 Å². The van der Waals surface area contributed by atoms with E-state index in [4.69, 9.17) is 15.2 Å². The van der Waals surface area contributed by atoms with Crippen LogP contribution in [-0.4, -0.2) is 29.0 Å². The Hall–Kier alpha value is -2.50. The van der Waals surface area contributed by atoms with Crippen molar-refractivity contribution in [2.45, 2.75) is 13.3 Å². The highest BCUT2D eigenvalue weighted by Crippen LogP contribution is 2.23. The number of benzene rings is 1. The lowest BCUT2D eigenvalue weighted by Crippen LogP contribution is -2.11. The summed E-state index contributed by atoms with van der Waals surface area (Å²) in [6.07, 6.45) is 2.42. The summed E-state index contributed by atoms with van der Waals surface area (Å²) in [5.74, 6) is 0.0312. The van der Waals surface area contributed by atoms with Crippen molar-refractivity contribution >= 4 is 11.7 Å². The van der Waals surface area contributed by atoms with Crippen LogP contribution in [0.25, 0.3) is 0 Å². The van der Waals surface area contributed by atoms with Gasteiger partial charge in [-0.3, -0.25) is 4.68 Å². The van der Waals surface area contributed by atoms with Crippen molar-refractivity contribution in [2.75, 3.05) is 18.9 Å². The number of esters is 1. The summed E-state index contributed by atoms with van der Waals surface area (Å²) in [4.78, 5) is 11.9. The predicted octanol–water partition coefficient (Wildman–Crippen LogP) is 1.80. The maximum atomic E-state index is 11.9. The Balaban J connectivity index is 2.06. The van der Waals surface area contributed by atoms with Crippen LogP contribution in [0.2, 0.25) is 0 Å². The molecule has 21 heavy (non-hydrogen) atoms. The van der Waals surface area contributed by atoms with Crippen LogP contribution in [0.1, 0.15) is 23.0 Å². The molecule has 0 radical (unpaired) electrons. The van der Waals surface area contributed by atoms with Gasteiger partial charge in [0.1, 0.15) is 11.3 Å². The maximum Gasteiger partial charge on any atom is 0.341 e. The molecule has 0 amide bonds. The van der Waals surface area contributed by atoms with E-state index in [1.54, 1.807) is 36.0 Å². The smallest absolute Gasteiger partial charge is 0.341 e. The van der Waals surface area contributed by atoms with Crippen molar-refractivity contribution in [3.05, 3.63) is 41.7 Å². The number of nitrogens with zero attached hydrogens (tertiary/aromatic N) is 2. The molecule has 0 aliphatic heterocycles. The monoisotopic (exact) mass is 289 g/mol. The van der Waals surface area contributed by atoms with Gasteiger partial charge in [0.05, 0.1) is 13.2 Å². The van der Waals surface area contributed by atoms with Gasteiger partial charge in [0.2, 0.25) is 0 Å². The van der Waals surface area contributed by atoms with Gasteiger partial charge < -0.3 is 15.2 Å². The van der Waals surface area contributed by atoms with E-state index in [-0.39, 0.29) is 0 Å². The van der Waals surface area contributed by atoms with Crippen LogP contribution in [0, 0.1) is 0 Å². The highest BCUT2D eigenvalue weighted by atomic mass is 16.5. The quantitative estimate of drug-likeness (QED) is 0.648. The van der Waals surface area contributed by atoms with Crippen molar-refractivity contribution in [2.24, 2.45) is 7.05 Å². The number of aryl methyl sites for hydroxylation is 1. The van der Waals surface area contributed by atoms with Crippen LogP contribution < -0.4 is 10.5 Å². The van der Waals surface area contributed by atoms with Crippen LogP contribution in [0.5, 0.6) is 5.75 Å². The average molecular weight is 289 g/mol. The molecule has 0 bridgehead atoms. The lowest BCUT2D eigenvalue weighted by molar-refractivity contribution is 0.0522. The molecular weight excluding hydrogens is 270 g/mol. The second kappa shape index (κ2) is 6.78.